The molecule has 0 radical (unpaired) electrons. The molecule has 9 nitrogen and oxygen atoms in total. The fraction of sp³-hybridized carbons (Fsp3) is 0.467. The van der Waals surface area contributed by atoms with Gasteiger partial charge in [-0.15, -0.1) is 12.4 Å². The second-order valence-electron chi connectivity index (χ2n) is 5.98. The van der Waals surface area contributed by atoms with Crippen LogP contribution in [0.25, 0.3) is 0 Å². The lowest BCUT2D eigenvalue weighted by Crippen LogP contribution is -2.49. The van der Waals surface area contributed by atoms with Crippen LogP contribution in [0.5, 0.6) is 0 Å². The van der Waals surface area contributed by atoms with E-state index in [4.69, 9.17) is 0 Å². The molecule has 1 aliphatic heterocycles. The number of sulfonamides is 1. The van der Waals surface area contributed by atoms with Crippen molar-refractivity contribution in [3.63, 3.8) is 0 Å². The highest BCUT2D eigenvalue weighted by Crippen LogP contribution is 2.28. The van der Waals surface area contributed by atoms with Crippen molar-refractivity contribution in [3.8, 4) is 0 Å². The normalized spacial score (nSPS) is 18.3. The lowest BCUT2D eigenvalue weighted by atomic mass is 10.2. The van der Waals surface area contributed by atoms with Gasteiger partial charge >= 0.3 is 0 Å². The molecule has 0 bridgehead atoms. The second-order valence-corrected chi connectivity index (χ2v) is 7.87. The van der Waals surface area contributed by atoms with Gasteiger partial charge in [-0.05, 0) is 6.07 Å². The largest absolute Gasteiger partial charge is 0.354 e. The Balaban J connectivity index is 0.00000243. The van der Waals surface area contributed by atoms with Crippen LogP contribution in [0.2, 0.25) is 0 Å². The molecule has 1 aliphatic rings. The van der Waals surface area contributed by atoms with Crippen LogP contribution < -0.4 is 10.6 Å². The Morgan fingerprint density at radius 1 is 1.35 bits per heavy atom. The zero-order valence-electron chi connectivity index (χ0n) is 14.8. The van der Waals surface area contributed by atoms with Gasteiger partial charge in [0.05, 0.1) is 6.04 Å². The Morgan fingerprint density at radius 2 is 2.08 bits per heavy atom. The van der Waals surface area contributed by atoms with Crippen molar-refractivity contribution in [1.29, 1.82) is 0 Å². The number of rotatable bonds is 4. The minimum absolute atomic E-state index is 0. The third-order valence-corrected chi connectivity index (χ3v) is 6.27. The number of carbonyl (C=O) groups excluding carboxylic acids is 1. The molecule has 1 amide bonds. The van der Waals surface area contributed by atoms with Crippen molar-refractivity contribution in [2.75, 3.05) is 26.7 Å². The van der Waals surface area contributed by atoms with E-state index in [1.165, 1.54) is 28.2 Å². The van der Waals surface area contributed by atoms with Gasteiger partial charge in [-0.2, -0.15) is 4.31 Å². The van der Waals surface area contributed by atoms with Crippen LogP contribution in [-0.2, 0) is 24.1 Å². The van der Waals surface area contributed by atoms with Gasteiger partial charge in [-0.1, -0.05) is 0 Å². The van der Waals surface area contributed by atoms with Crippen LogP contribution in [0.4, 0.5) is 0 Å². The summed E-state index contributed by atoms with van der Waals surface area (Å²) in [7, 11) is 1.24. The predicted octanol–water partition coefficient (Wildman–Crippen LogP) is -0.125. The van der Waals surface area contributed by atoms with E-state index in [2.05, 4.69) is 15.6 Å². The summed E-state index contributed by atoms with van der Waals surface area (Å²) in [6.07, 6.45) is 4.92. The zero-order chi connectivity index (χ0) is 18.2. The molecule has 3 rings (SSSR count). The standard InChI is InChI=1S/C15H22N6O3S.ClH/c1-16-15(22)12-8-11(10-20(12)3)25(23,24)21-7-4-17-9-13(21)14-18-5-6-19(14)2;/h5-6,8,10,13,17H,4,7,9H2,1-3H3,(H,16,22);1H. The molecule has 0 aromatic carbocycles. The topological polar surface area (TPSA) is 101 Å². The van der Waals surface area contributed by atoms with E-state index in [1.54, 1.807) is 19.4 Å². The molecule has 1 saturated heterocycles. The second kappa shape index (κ2) is 7.78. The molecule has 11 heteroatoms. The van der Waals surface area contributed by atoms with Crippen molar-refractivity contribution < 1.29 is 13.2 Å². The minimum atomic E-state index is -3.76. The van der Waals surface area contributed by atoms with Crippen molar-refractivity contribution >= 4 is 28.3 Å². The number of piperazine rings is 1. The molecule has 26 heavy (non-hydrogen) atoms. The maximum atomic E-state index is 13.2. The first-order chi connectivity index (χ1) is 11.9. The maximum absolute atomic E-state index is 13.2. The van der Waals surface area contributed by atoms with Crippen LogP contribution in [0.15, 0.2) is 29.6 Å². The van der Waals surface area contributed by atoms with E-state index in [0.29, 0.717) is 31.2 Å². The highest BCUT2D eigenvalue weighted by atomic mass is 35.5. The molecule has 2 aromatic rings. The number of amides is 1. The number of hydrogen-bond acceptors (Lipinski definition) is 5. The summed E-state index contributed by atoms with van der Waals surface area (Å²) in [5.41, 5.74) is 0.296. The zero-order valence-corrected chi connectivity index (χ0v) is 16.5. The van der Waals surface area contributed by atoms with Gasteiger partial charge in [-0.3, -0.25) is 4.79 Å². The highest BCUT2D eigenvalue weighted by Gasteiger charge is 2.37. The Hall–Kier alpha value is -1.88. The predicted molar refractivity (Wildman–Crippen MR) is 98.8 cm³/mol. The molecule has 0 spiro atoms. The number of aryl methyl sites for hydroxylation is 2. The summed E-state index contributed by atoms with van der Waals surface area (Å²) >= 11 is 0. The Labute approximate surface area is 158 Å². The molecule has 2 aromatic heterocycles. The molecule has 2 N–H and O–H groups in total. The summed E-state index contributed by atoms with van der Waals surface area (Å²) in [5, 5.41) is 5.73. The smallest absolute Gasteiger partial charge is 0.267 e. The number of carbonyl (C=O) groups is 1. The van der Waals surface area contributed by atoms with Gasteiger partial charge in [0.2, 0.25) is 10.0 Å². The molecule has 3 heterocycles. The third-order valence-electron chi connectivity index (χ3n) is 4.40. The number of aromatic nitrogens is 3. The summed E-state index contributed by atoms with van der Waals surface area (Å²) in [4.78, 5) is 16.3. The first-order valence-corrected chi connectivity index (χ1v) is 9.38. The van der Waals surface area contributed by atoms with Gasteiger partial charge in [0, 0.05) is 59.4 Å². The summed E-state index contributed by atoms with van der Waals surface area (Å²) in [6, 6.07) is 1.01. The van der Waals surface area contributed by atoms with Gasteiger partial charge < -0.3 is 19.8 Å². The van der Waals surface area contributed by atoms with E-state index >= 15 is 0 Å². The Bertz CT molecular complexity index is 891. The average molecular weight is 403 g/mol. The van der Waals surface area contributed by atoms with Crippen LogP contribution in [0.3, 0.4) is 0 Å². The summed E-state index contributed by atoms with van der Waals surface area (Å²) in [6.45, 7) is 1.39. The molecule has 1 unspecified atom stereocenters. The fourth-order valence-corrected chi connectivity index (χ4v) is 4.71. The van der Waals surface area contributed by atoms with Crippen molar-refractivity contribution in [2.45, 2.75) is 10.9 Å². The molecule has 1 fully saturated rings. The number of nitrogens with one attached hydrogen (secondary N) is 2. The van der Waals surface area contributed by atoms with E-state index in [1.807, 2.05) is 11.6 Å². The van der Waals surface area contributed by atoms with Gasteiger partial charge in [-0.25, -0.2) is 13.4 Å². The molecule has 0 aliphatic carbocycles. The Kier molecular flexibility index (Phi) is 6.12. The van der Waals surface area contributed by atoms with Gasteiger partial charge in [0.15, 0.2) is 0 Å². The van der Waals surface area contributed by atoms with Gasteiger partial charge in [0.1, 0.15) is 16.4 Å². The SMILES string of the molecule is CNC(=O)c1cc(S(=O)(=O)N2CCNCC2c2nccn2C)cn1C.Cl. The number of imidazole rings is 1. The third kappa shape index (κ3) is 3.50. The molecule has 1 atom stereocenters. The fourth-order valence-electron chi connectivity index (χ4n) is 3.06. The van der Waals surface area contributed by atoms with Crippen molar-refractivity contribution in [2.24, 2.45) is 14.1 Å². The molecule has 0 saturated carbocycles. The van der Waals surface area contributed by atoms with Crippen LogP contribution in [-0.4, -0.2) is 59.4 Å². The van der Waals surface area contributed by atoms with E-state index in [0.717, 1.165) is 0 Å². The molecular formula is C15H23ClN6O3S. The van der Waals surface area contributed by atoms with E-state index in [-0.39, 0.29) is 23.2 Å². The number of halogens is 1. The van der Waals surface area contributed by atoms with E-state index < -0.39 is 16.1 Å². The van der Waals surface area contributed by atoms with Crippen LogP contribution in [0, 0.1) is 0 Å². The quantitative estimate of drug-likeness (QED) is 0.742. The summed E-state index contributed by atoms with van der Waals surface area (Å²) in [5.74, 6) is 0.350. The van der Waals surface area contributed by atoms with Gasteiger partial charge in [0.25, 0.3) is 5.91 Å². The minimum Gasteiger partial charge on any atom is -0.354 e. The Morgan fingerprint density at radius 3 is 2.69 bits per heavy atom. The molecule has 144 valence electrons. The first-order valence-electron chi connectivity index (χ1n) is 7.94. The monoisotopic (exact) mass is 402 g/mol. The average Bonchev–Trinajstić information content (AvgIpc) is 3.20. The number of nitrogens with zero attached hydrogens (tertiary/aromatic N) is 4. The van der Waals surface area contributed by atoms with Crippen molar-refractivity contribution in [1.82, 2.24) is 29.1 Å². The number of hydrogen-bond donors (Lipinski definition) is 2. The summed E-state index contributed by atoms with van der Waals surface area (Å²) < 4.78 is 31.2. The van der Waals surface area contributed by atoms with Crippen molar-refractivity contribution in [3.05, 3.63) is 36.2 Å². The molecular weight excluding hydrogens is 380 g/mol. The lowest BCUT2D eigenvalue weighted by molar-refractivity contribution is 0.0955. The maximum Gasteiger partial charge on any atom is 0.267 e. The van der Waals surface area contributed by atoms with E-state index in [9.17, 15) is 13.2 Å². The lowest BCUT2D eigenvalue weighted by Gasteiger charge is -2.34. The first kappa shape index (κ1) is 20.4. The highest BCUT2D eigenvalue weighted by molar-refractivity contribution is 7.89. The van der Waals surface area contributed by atoms with Crippen LogP contribution in [0.1, 0.15) is 22.4 Å². The van der Waals surface area contributed by atoms with Crippen LogP contribution >= 0.6 is 12.4 Å².